The van der Waals surface area contributed by atoms with Crippen molar-refractivity contribution in [1.82, 2.24) is 0 Å². The van der Waals surface area contributed by atoms with E-state index in [9.17, 15) is 13.6 Å². The third kappa shape index (κ3) is 2.62. The predicted octanol–water partition coefficient (Wildman–Crippen LogP) is 3.59. The van der Waals surface area contributed by atoms with Gasteiger partial charge in [-0.2, -0.15) is 0 Å². The molecule has 0 radical (unpaired) electrons. The molecular formula is C15H12F2O2. The predicted molar refractivity (Wildman–Crippen MR) is 67.4 cm³/mol. The van der Waals surface area contributed by atoms with Gasteiger partial charge in [0.2, 0.25) is 0 Å². The molecule has 0 saturated carbocycles. The van der Waals surface area contributed by atoms with Gasteiger partial charge in [-0.15, -0.1) is 0 Å². The second-order valence-corrected chi connectivity index (χ2v) is 3.86. The first-order valence-electron chi connectivity index (χ1n) is 5.85. The number of ether oxygens (including phenoxy) is 1. The summed E-state index contributed by atoms with van der Waals surface area (Å²) in [5, 5.41) is 0. The molecule has 2 aromatic rings. The highest BCUT2D eigenvalue weighted by Gasteiger charge is 2.19. The van der Waals surface area contributed by atoms with Gasteiger partial charge in [0.25, 0.3) is 0 Å². The van der Waals surface area contributed by atoms with Gasteiger partial charge in [0.15, 0.2) is 17.4 Å². The lowest BCUT2D eigenvalue weighted by Crippen LogP contribution is -2.08. The van der Waals surface area contributed by atoms with Crippen molar-refractivity contribution in [1.29, 1.82) is 0 Å². The highest BCUT2D eigenvalue weighted by atomic mass is 19.2. The molecule has 0 spiro atoms. The van der Waals surface area contributed by atoms with Gasteiger partial charge in [-0.05, 0) is 31.2 Å². The molecule has 0 atom stereocenters. The molecular weight excluding hydrogens is 250 g/mol. The van der Waals surface area contributed by atoms with E-state index in [-0.39, 0.29) is 11.1 Å². The van der Waals surface area contributed by atoms with Gasteiger partial charge < -0.3 is 4.74 Å². The van der Waals surface area contributed by atoms with Crippen molar-refractivity contribution in [3.8, 4) is 5.75 Å². The van der Waals surface area contributed by atoms with Crippen molar-refractivity contribution in [2.24, 2.45) is 0 Å². The zero-order valence-corrected chi connectivity index (χ0v) is 10.3. The fourth-order valence-corrected chi connectivity index (χ4v) is 1.76. The Hall–Kier alpha value is -2.23. The largest absolute Gasteiger partial charge is 0.493 e. The Labute approximate surface area is 109 Å². The average Bonchev–Trinajstić information content (AvgIpc) is 2.42. The summed E-state index contributed by atoms with van der Waals surface area (Å²) >= 11 is 0. The van der Waals surface area contributed by atoms with E-state index in [0.29, 0.717) is 12.4 Å². The molecule has 2 aromatic carbocycles. The quantitative estimate of drug-likeness (QED) is 0.787. The van der Waals surface area contributed by atoms with E-state index in [1.54, 1.807) is 25.1 Å². The highest BCUT2D eigenvalue weighted by Crippen LogP contribution is 2.23. The van der Waals surface area contributed by atoms with E-state index in [0.717, 1.165) is 6.07 Å². The summed E-state index contributed by atoms with van der Waals surface area (Å²) in [5.41, 5.74) is -0.0824. The van der Waals surface area contributed by atoms with E-state index in [1.165, 1.54) is 18.2 Å². The SMILES string of the molecule is CCOc1ccccc1C(=O)c1cccc(F)c1F. The van der Waals surface area contributed by atoms with Crippen molar-refractivity contribution in [2.45, 2.75) is 6.92 Å². The molecule has 0 bridgehead atoms. The fourth-order valence-electron chi connectivity index (χ4n) is 1.76. The van der Waals surface area contributed by atoms with Crippen LogP contribution in [-0.4, -0.2) is 12.4 Å². The normalized spacial score (nSPS) is 10.3. The molecule has 4 heteroatoms. The van der Waals surface area contributed by atoms with E-state index < -0.39 is 17.4 Å². The van der Waals surface area contributed by atoms with Crippen molar-refractivity contribution >= 4 is 5.78 Å². The third-order valence-corrected chi connectivity index (χ3v) is 2.63. The Morgan fingerprint density at radius 2 is 1.74 bits per heavy atom. The van der Waals surface area contributed by atoms with Gasteiger partial charge in [-0.3, -0.25) is 4.79 Å². The first kappa shape index (κ1) is 13.2. The van der Waals surface area contributed by atoms with Gasteiger partial charge in [0.05, 0.1) is 17.7 Å². The maximum absolute atomic E-state index is 13.6. The molecule has 0 saturated heterocycles. The lowest BCUT2D eigenvalue weighted by Gasteiger charge is -2.09. The molecule has 0 fully saturated rings. The van der Waals surface area contributed by atoms with Crippen molar-refractivity contribution in [3.05, 3.63) is 65.2 Å². The van der Waals surface area contributed by atoms with Crippen LogP contribution in [0.1, 0.15) is 22.8 Å². The second kappa shape index (κ2) is 5.61. The summed E-state index contributed by atoms with van der Waals surface area (Å²) in [6.45, 7) is 2.17. The standard InChI is InChI=1S/C15H12F2O2/c1-2-19-13-9-4-3-6-10(13)15(18)11-7-5-8-12(16)14(11)17/h3-9H,2H2,1H3. The number of carbonyl (C=O) groups is 1. The number of halogens is 2. The highest BCUT2D eigenvalue weighted by molar-refractivity contribution is 6.10. The van der Waals surface area contributed by atoms with Crippen LogP contribution in [0.5, 0.6) is 5.75 Å². The van der Waals surface area contributed by atoms with Gasteiger partial charge in [0.1, 0.15) is 5.75 Å². The average molecular weight is 262 g/mol. The van der Waals surface area contributed by atoms with E-state index in [2.05, 4.69) is 0 Å². The number of hydrogen-bond donors (Lipinski definition) is 0. The van der Waals surface area contributed by atoms with Crippen LogP contribution in [0, 0.1) is 11.6 Å². The Morgan fingerprint density at radius 3 is 2.47 bits per heavy atom. The van der Waals surface area contributed by atoms with Crippen molar-refractivity contribution in [3.63, 3.8) is 0 Å². The fraction of sp³-hybridized carbons (Fsp3) is 0.133. The van der Waals surface area contributed by atoms with Crippen LogP contribution in [0.25, 0.3) is 0 Å². The zero-order valence-electron chi connectivity index (χ0n) is 10.3. The molecule has 0 heterocycles. The lowest BCUT2D eigenvalue weighted by molar-refractivity contribution is 0.103. The van der Waals surface area contributed by atoms with Gasteiger partial charge in [-0.25, -0.2) is 8.78 Å². The maximum atomic E-state index is 13.6. The minimum Gasteiger partial charge on any atom is -0.493 e. The van der Waals surface area contributed by atoms with Crippen LogP contribution >= 0.6 is 0 Å². The summed E-state index contributed by atoms with van der Waals surface area (Å²) < 4.78 is 32.1. The first-order chi connectivity index (χ1) is 9.15. The molecule has 0 aliphatic rings. The number of para-hydroxylation sites is 1. The molecule has 98 valence electrons. The van der Waals surface area contributed by atoms with Crippen LogP contribution in [0.15, 0.2) is 42.5 Å². The lowest BCUT2D eigenvalue weighted by atomic mass is 10.0. The number of benzene rings is 2. The van der Waals surface area contributed by atoms with Gasteiger partial charge in [0, 0.05) is 0 Å². The maximum Gasteiger partial charge on any atom is 0.199 e. The summed E-state index contributed by atoms with van der Waals surface area (Å²) in [7, 11) is 0. The summed E-state index contributed by atoms with van der Waals surface area (Å²) in [6.07, 6.45) is 0. The Morgan fingerprint density at radius 1 is 1.05 bits per heavy atom. The summed E-state index contributed by atoms with van der Waals surface area (Å²) in [6, 6.07) is 10.0. The topological polar surface area (TPSA) is 26.3 Å². The minimum absolute atomic E-state index is 0.217. The smallest absolute Gasteiger partial charge is 0.199 e. The Kier molecular flexibility index (Phi) is 3.90. The summed E-state index contributed by atoms with van der Waals surface area (Å²) in [5.74, 6) is -2.42. The van der Waals surface area contributed by atoms with Crippen LogP contribution in [-0.2, 0) is 0 Å². The van der Waals surface area contributed by atoms with E-state index in [1.807, 2.05) is 0 Å². The second-order valence-electron chi connectivity index (χ2n) is 3.86. The molecule has 2 rings (SSSR count). The van der Waals surface area contributed by atoms with Crippen molar-refractivity contribution < 1.29 is 18.3 Å². The zero-order chi connectivity index (χ0) is 13.8. The van der Waals surface area contributed by atoms with Crippen LogP contribution in [0.4, 0.5) is 8.78 Å². The van der Waals surface area contributed by atoms with Gasteiger partial charge in [-0.1, -0.05) is 18.2 Å². The Balaban J connectivity index is 2.47. The molecule has 0 aliphatic heterocycles. The van der Waals surface area contributed by atoms with Crippen LogP contribution in [0.2, 0.25) is 0 Å². The van der Waals surface area contributed by atoms with E-state index in [4.69, 9.17) is 4.74 Å². The molecule has 19 heavy (non-hydrogen) atoms. The number of hydrogen-bond acceptors (Lipinski definition) is 2. The number of carbonyl (C=O) groups excluding carboxylic acids is 1. The van der Waals surface area contributed by atoms with Gasteiger partial charge >= 0.3 is 0 Å². The Bertz CT molecular complexity index is 609. The molecule has 0 aromatic heterocycles. The molecule has 0 N–H and O–H groups in total. The monoisotopic (exact) mass is 262 g/mol. The van der Waals surface area contributed by atoms with Crippen molar-refractivity contribution in [2.75, 3.05) is 6.61 Å². The minimum atomic E-state index is -1.14. The molecule has 0 aliphatic carbocycles. The number of ketones is 1. The first-order valence-corrected chi connectivity index (χ1v) is 5.85. The van der Waals surface area contributed by atoms with E-state index >= 15 is 0 Å². The molecule has 2 nitrogen and oxygen atoms in total. The summed E-state index contributed by atoms with van der Waals surface area (Å²) in [4.78, 5) is 12.2. The van der Waals surface area contributed by atoms with Crippen LogP contribution in [0.3, 0.4) is 0 Å². The number of rotatable bonds is 4. The molecule has 0 unspecified atom stereocenters. The van der Waals surface area contributed by atoms with Crippen LogP contribution < -0.4 is 4.74 Å². The molecule has 0 amide bonds. The third-order valence-electron chi connectivity index (χ3n) is 2.63.